The van der Waals surface area contributed by atoms with E-state index in [-0.39, 0.29) is 0 Å². The lowest BCUT2D eigenvalue weighted by atomic mass is 10.3. The van der Waals surface area contributed by atoms with Gasteiger partial charge in [-0.1, -0.05) is 11.6 Å². The molecule has 0 aliphatic carbocycles. The van der Waals surface area contributed by atoms with Crippen LogP contribution in [0.5, 0.6) is 0 Å². The van der Waals surface area contributed by atoms with Crippen molar-refractivity contribution in [2.75, 3.05) is 0 Å². The Morgan fingerprint density at radius 1 is 1.50 bits per heavy atom. The second-order valence-electron chi connectivity index (χ2n) is 2.08. The minimum atomic E-state index is 0.438. The van der Waals surface area contributed by atoms with Gasteiger partial charge >= 0.3 is 0 Å². The van der Waals surface area contributed by atoms with Crippen molar-refractivity contribution in [1.29, 1.82) is 0 Å². The van der Waals surface area contributed by atoms with Gasteiger partial charge in [-0.3, -0.25) is 0 Å². The van der Waals surface area contributed by atoms with Crippen molar-refractivity contribution in [3.05, 3.63) is 21.2 Å². The number of nitrogens with zero attached hydrogens (tertiary/aromatic N) is 1. The molecule has 0 spiro atoms. The molecule has 0 radical (unpaired) electrons. The summed E-state index contributed by atoms with van der Waals surface area (Å²) in [5, 5.41) is 0.487. The first-order valence-corrected chi connectivity index (χ1v) is 3.63. The Hall–Kier alpha value is -0.410. The van der Waals surface area contributed by atoms with Crippen LogP contribution >= 0.6 is 23.8 Å². The second-order valence-corrected chi connectivity index (χ2v) is 2.83. The fraction of sp³-hybridized carbons (Fsp3) is 0.333. The van der Waals surface area contributed by atoms with Crippen LogP contribution in [-0.2, 0) is 0 Å². The average Bonchev–Trinajstić information content (AvgIpc) is 1.82. The molecule has 10 heavy (non-hydrogen) atoms. The first-order chi connectivity index (χ1) is 4.61. The maximum atomic E-state index is 5.72. The molecule has 4 heteroatoms. The van der Waals surface area contributed by atoms with Crippen molar-refractivity contribution < 1.29 is 0 Å². The predicted molar refractivity (Wildman–Crippen MR) is 43.9 cm³/mol. The molecular weight excluding hydrogens is 168 g/mol. The highest BCUT2D eigenvalue weighted by atomic mass is 35.5. The fourth-order valence-corrected chi connectivity index (χ4v) is 1.13. The molecule has 0 aromatic carbocycles. The van der Waals surface area contributed by atoms with Gasteiger partial charge in [-0.15, -0.1) is 0 Å². The van der Waals surface area contributed by atoms with Gasteiger partial charge in [-0.2, -0.15) is 0 Å². The van der Waals surface area contributed by atoms with Gasteiger partial charge in [-0.05, 0) is 26.1 Å². The number of aromatic amines is 1. The summed E-state index contributed by atoms with van der Waals surface area (Å²) in [5.41, 5.74) is 1.93. The molecular formula is C6H7ClN2S. The Balaban J connectivity index is 3.46. The largest absolute Gasteiger partial charge is 0.334 e. The lowest BCUT2D eigenvalue weighted by molar-refractivity contribution is 1.04. The molecule has 1 aromatic rings. The Kier molecular flexibility index (Phi) is 2.06. The Morgan fingerprint density at radius 3 is 2.60 bits per heavy atom. The summed E-state index contributed by atoms with van der Waals surface area (Å²) < 4.78 is 0.438. The van der Waals surface area contributed by atoms with Crippen LogP contribution in [0.25, 0.3) is 0 Å². The Bertz CT molecular complexity index is 279. The van der Waals surface area contributed by atoms with Crippen LogP contribution in [0.4, 0.5) is 0 Å². The molecule has 1 N–H and O–H groups in total. The van der Waals surface area contributed by atoms with Gasteiger partial charge < -0.3 is 4.98 Å². The number of halogens is 1. The van der Waals surface area contributed by atoms with E-state index < -0.39 is 0 Å². The molecule has 54 valence electrons. The van der Waals surface area contributed by atoms with Crippen molar-refractivity contribution in [1.82, 2.24) is 9.97 Å². The maximum Gasteiger partial charge on any atom is 0.198 e. The van der Waals surface area contributed by atoms with E-state index in [9.17, 15) is 0 Å². The van der Waals surface area contributed by atoms with Crippen molar-refractivity contribution in [3.8, 4) is 0 Å². The zero-order chi connectivity index (χ0) is 7.72. The number of rotatable bonds is 0. The quantitative estimate of drug-likeness (QED) is 0.484. The molecule has 0 aliphatic rings. The van der Waals surface area contributed by atoms with Gasteiger partial charge in [0, 0.05) is 11.3 Å². The van der Waals surface area contributed by atoms with Crippen LogP contribution in [0.15, 0.2) is 0 Å². The maximum absolute atomic E-state index is 5.72. The minimum Gasteiger partial charge on any atom is -0.334 e. The van der Waals surface area contributed by atoms with E-state index in [1.807, 2.05) is 13.8 Å². The third-order valence-corrected chi connectivity index (χ3v) is 1.93. The van der Waals surface area contributed by atoms with Crippen molar-refractivity contribution in [3.63, 3.8) is 0 Å². The molecule has 0 fully saturated rings. The van der Waals surface area contributed by atoms with Crippen LogP contribution in [0, 0.1) is 18.6 Å². The van der Waals surface area contributed by atoms with Crippen LogP contribution in [0.2, 0.25) is 5.15 Å². The lowest BCUT2D eigenvalue weighted by Crippen LogP contribution is -1.91. The third kappa shape index (κ3) is 1.36. The van der Waals surface area contributed by atoms with Gasteiger partial charge in [0.2, 0.25) is 0 Å². The third-order valence-electron chi connectivity index (χ3n) is 1.37. The van der Waals surface area contributed by atoms with E-state index in [4.69, 9.17) is 23.8 Å². The summed E-state index contributed by atoms with van der Waals surface area (Å²) in [5.74, 6) is 0. The number of nitrogens with one attached hydrogen (secondary N) is 1. The molecule has 0 unspecified atom stereocenters. The van der Waals surface area contributed by atoms with Crippen molar-refractivity contribution in [2.45, 2.75) is 13.8 Å². The van der Waals surface area contributed by atoms with Gasteiger partial charge in [0.05, 0.1) is 0 Å². The number of hydrogen-bond donors (Lipinski definition) is 1. The molecule has 0 bridgehead atoms. The molecule has 0 saturated heterocycles. The smallest absolute Gasteiger partial charge is 0.198 e. The van der Waals surface area contributed by atoms with Gasteiger partial charge in [0.25, 0.3) is 0 Å². The van der Waals surface area contributed by atoms with Crippen molar-refractivity contribution >= 4 is 23.8 Å². The van der Waals surface area contributed by atoms with E-state index >= 15 is 0 Å². The predicted octanol–water partition coefficient (Wildman–Crippen LogP) is 2.41. The van der Waals surface area contributed by atoms with Gasteiger partial charge in [0.1, 0.15) is 5.15 Å². The first kappa shape index (κ1) is 7.69. The summed E-state index contributed by atoms with van der Waals surface area (Å²) in [6.07, 6.45) is 0. The zero-order valence-electron chi connectivity index (χ0n) is 5.73. The standard InChI is InChI=1S/C6H7ClN2S/c1-3-4(2)8-6(10)9-5(3)7/h1-2H3,(H,8,9,10). The SMILES string of the molecule is Cc1[nH]c(=S)nc(Cl)c1C. The number of aryl methyl sites for hydroxylation is 1. The Labute approximate surface area is 69.3 Å². The van der Waals surface area contributed by atoms with E-state index in [0.717, 1.165) is 11.3 Å². The van der Waals surface area contributed by atoms with Gasteiger partial charge in [0.15, 0.2) is 4.77 Å². The number of hydrogen-bond acceptors (Lipinski definition) is 2. The highest BCUT2D eigenvalue weighted by Gasteiger charge is 1.98. The number of aromatic nitrogens is 2. The van der Waals surface area contributed by atoms with Crippen LogP contribution in [0.1, 0.15) is 11.3 Å². The average molecular weight is 175 g/mol. The summed E-state index contributed by atoms with van der Waals surface area (Å²) in [6.45, 7) is 3.81. The first-order valence-electron chi connectivity index (χ1n) is 2.84. The van der Waals surface area contributed by atoms with Crippen LogP contribution in [-0.4, -0.2) is 9.97 Å². The monoisotopic (exact) mass is 174 g/mol. The molecule has 1 aromatic heterocycles. The van der Waals surface area contributed by atoms with E-state index in [2.05, 4.69) is 9.97 Å². The lowest BCUT2D eigenvalue weighted by Gasteiger charge is -1.99. The summed E-state index contributed by atoms with van der Waals surface area (Å²) in [4.78, 5) is 6.76. The number of H-pyrrole nitrogens is 1. The van der Waals surface area contributed by atoms with Crippen LogP contribution < -0.4 is 0 Å². The summed E-state index contributed by atoms with van der Waals surface area (Å²) >= 11 is 10.5. The minimum absolute atomic E-state index is 0.438. The fourth-order valence-electron chi connectivity index (χ4n) is 0.610. The zero-order valence-corrected chi connectivity index (χ0v) is 7.31. The molecule has 0 amide bonds. The van der Waals surface area contributed by atoms with E-state index in [0.29, 0.717) is 9.92 Å². The molecule has 1 heterocycles. The van der Waals surface area contributed by atoms with E-state index in [1.165, 1.54) is 0 Å². The van der Waals surface area contributed by atoms with E-state index in [1.54, 1.807) is 0 Å². The Morgan fingerprint density at radius 2 is 2.10 bits per heavy atom. The molecule has 0 saturated carbocycles. The molecule has 0 aliphatic heterocycles. The highest BCUT2D eigenvalue weighted by Crippen LogP contribution is 2.12. The summed E-state index contributed by atoms with van der Waals surface area (Å²) in [7, 11) is 0. The highest BCUT2D eigenvalue weighted by molar-refractivity contribution is 7.71. The van der Waals surface area contributed by atoms with Crippen LogP contribution in [0.3, 0.4) is 0 Å². The molecule has 0 atom stereocenters. The molecule has 1 rings (SSSR count). The second kappa shape index (κ2) is 2.68. The topological polar surface area (TPSA) is 28.7 Å². The summed E-state index contributed by atoms with van der Waals surface area (Å²) in [6, 6.07) is 0. The van der Waals surface area contributed by atoms with Gasteiger partial charge in [-0.25, -0.2) is 4.98 Å². The normalized spacial score (nSPS) is 9.90. The molecule has 2 nitrogen and oxygen atoms in total. The van der Waals surface area contributed by atoms with Crippen molar-refractivity contribution in [2.24, 2.45) is 0 Å².